The predicted molar refractivity (Wildman–Crippen MR) is 188 cm³/mol. The summed E-state index contributed by atoms with van der Waals surface area (Å²) in [7, 11) is 2.41. The summed E-state index contributed by atoms with van der Waals surface area (Å²) in [5.41, 5.74) is 18.9. The number of aryl methyl sites for hydroxylation is 2. The van der Waals surface area contributed by atoms with Crippen molar-refractivity contribution < 1.29 is 0 Å². The molecule has 2 nitrogen and oxygen atoms in total. The summed E-state index contributed by atoms with van der Waals surface area (Å²) in [5, 5.41) is 6.61. The number of hydrogen-bond acceptors (Lipinski definition) is 1. The highest BCUT2D eigenvalue weighted by Crippen LogP contribution is 2.54. The second kappa shape index (κ2) is 9.00. The van der Waals surface area contributed by atoms with Gasteiger partial charge in [-0.3, -0.25) is 0 Å². The van der Waals surface area contributed by atoms with Crippen LogP contribution in [0.15, 0.2) is 115 Å². The first kappa shape index (κ1) is 25.5. The van der Waals surface area contributed by atoms with Crippen molar-refractivity contribution in [1.29, 1.82) is 0 Å². The van der Waals surface area contributed by atoms with Crippen LogP contribution in [-0.4, -0.2) is 11.8 Å². The molecule has 0 atom stereocenters. The van der Waals surface area contributed by atoms with Crippen LogP contribution in [0.4, 0.5) is 11.4 Å². The van der Waals surface area contributed by atoms with Gasteiger partial charge in [-0.1, -0.05) is 116 Å². The van der Waals surface area contributed by atoms with E-state index < -0.39 is 0 Å². The average molecular weight is 564 g/mol. The Hall–Kier alpha value is -5.02. The summed E-state index contributed by atoms with van der Waals surface area (Å²) in [6.45, 7) is 9.17. The van der Waals surface area contributed by atoms with Crippen molar-refractivity contribution in [2.75, 3.05) is 5.32 Å². The summed E-state index contributed by atoms with van der Waals surface area (Å²) in [4.78, 5) is 0. The van der Waals surface area contributed by atoms with Gasteiger partial charge in [-0.15, -0.1) is 0 Å². The van der Waals surface area contributed by atoms with Crippen LogP contribution in [0.25, 0.3) is 49.7 Å². The van der Waals surface area contributed by atoms with Crippen LogP contribution in [0.1, 0.15) is 36.1 Å². The number of hydrogen-bond donors (Lipinski definition) is 1. The lowest BCUT2D eigenvalue weighted by Crippen LogP contribution is -2.37. The molecular weight excluding hydrogens is 531 g/mol. The van der Waals surface area contributed by atoms with Crippen molar-refractivity contribution in [2.45, 2.75) is 33.1 Å². The number of anilines is 2. The Labute approximate surface area is 259 Å². The van der Waals surface area contributed by atoms with Crippen LogP contribution < -0.4 is 16.2 Å². The second-order valence-electron chi connectivity index (χ2n) is 13.0. The van der Waals surface area contributed by atoms with E-state index in [9.17, 15) is 0 Å². The quantitative estimate of drug-likeness (QED) is 0.212. The van der Waals surface area contributed by atoms with Gasteiger partial charge >= 0.3 is 0 Å². The molecule has 209 valence electrons. The molecule has 0 unspecified atom stereocenters. The zero-order valence-corrected chi connectivity index (χ0v) is 25.5. The maximum atomic E-state index is 4.00. The second-order valence-corrected chi connectivity index (χ2v) is 13.0. The van der Waals surface area contributed by atoms with Gasteiger partial charge in [0.25, 0.3) is 0 Å². The van der Waals surface area contributed by atoms with E-state index >= 15 is 0 Å². The third-order valence-electron chi connectivity index (χ3n) is 9.99. The number of fused-ring (bicyclic) bond motifs is 8. The molecule has 6 aromatic carbocycles. The fourth-order valence-corrected chi connectivity index (χ4v) is 7.98. The molecule has 9 rings (SSSR count). The molecule has 0 saturated heterocycles. The number of nitrogens with zero attached hydrogens (tertiary/aromatic N) is 1. The normalized spacial score (nSPS) is 13.8. The van der Waals surface area contributed by atoms with Gasteiger partial charge in [-0.2, -0.15) is 0 Å². The number of rotatable bonds is 3. The molecule has 3 heteroatoms. The largest absolute Gasteiger partial charge is 0.355 e. The fraction of sp³-hybridized carbons (Fsp3) is 0.122. The predicted octanol–water partition coefficient (Wildman–Crippen LogP) is 9.09. The lowest BCUT2D eigenvalue weighted by Gasteiger charge is -2.29. The molecule has 0 saturated carbocycles. The number of benzene rings is 6. The highest BCUT2D eigenvalue weighted by atomic mass is 15.0. The monoisotopic (exact) mass is 563 g/mol. The van der Waals surface area contributed by atoms with E-state index in [1.807, 2.05) is 0 Å². The van der Waals surface area contributed by atoms with E-state index in [1.54, 1.807) is 0 Å². The first-order valence-electron chi connectivity index (χ1n) is 15.5. The highest BCUT2D eigenvalue weighted by Gasteiger charge is 2.39. The van der Waals surface area contributed by atoms with Gasteiger partial charge in [-0.05, 0) is 76.5 Å². The van der Waals surface area contributed by atoms with E-state index in [4.69, 9.17) is 0 Å². The zero-order chi connectivity index (χ0) is 29.7. The molecule has 0 amide bonds. The minimum atomic E-state index is -0.157. The minimum Gasteiger partial charge on any atom is -0.355 e. The zero-order valence-electron chi connectivity index (χ0n) is 25.5. The van der Waals surface area contributed by atoms with Gasteiger partial charge in [0, 0.05) is 38.6 Å². The van der Waals surface area contributed by atoms with Crippen molar-refractivity contribution in [3.63, 3.8) is 0 Å². The molecule has 7 aromatic rings. The summed E-state index contributed by atoms with van der Waals surface area (Å²) in [5.74, 6) is 0. The van der Waals surface area contributed by atoms with Crippen LogP contribution in [0, 0.1) is 13.8 Å². The molecule has 1 radical (unpaired) electrons. The van der Waals surface area contributed by atoms with Crippen molar-refractivity contribution in [2.24, 2.45) is 0 Å². The Morgan fingerprint density at radius 3 is 2.30 bits per heavy atom. The summed E-state index contributed by atoms with van der Waals surface area (Å²) in [6.07, 6.45) is 0. The topological polar surface area (TPSA) is 17.0 Å². The highest BCUT2D eigenvalue weighted by molar-refractivity contribution is 6.73. The van der Waals surface area contributed by atoms with Gasteiger partial charge < -0.3 is 9.88 Å². The molecule has 1 N–H and O–H groups in total. The van der Waals surface area contributed by atoms with E-state index in [0.29, 0.717) is 0 Å². The Kier molecular flexibility index (Phi) is 5.21. The first-order valence-corrected chi connectivity index (χ1v) is 15.5. The minimum absolute atomic E-state index is 0.157. The maximum Gasteiger partial charge on any atom is 0.197 e. The summed E-state index contributed by atoms with van der Waals surface area (Å²) >= 11 is 0. The van der Waals surface area contributed by atoms with E-state index in [-0.39, 0.29) is 5.41 Å². The number of nitrogens with one attached hydrogen (secondary N) is 1. The molecule has 44 heavy (non-hydrogen) atoms. The molecule has 2 aliphatic rings. The van der Waals surface area contributed by atoms with Crippen molar-refractivity contribution in [3.8, 4) is 27.9 Å². The SMILES string of the molecule is Cc1cc(-c2ccc3c(c2Nc2ccccc2C)C(C)(C)c2ccccc2-3)c2c(c1)-n1c3ccccc3c3cccc(c31)[B]2. The van der Waals surface area contributed by atoms with Gasteiger partial charge in [0.2, 0.25) is 0 Å². The van der Waals surface area contributed by atoms with E-state index in [0.717, 1.165) is 5.69 Å². The van der Waals surface area contributed by atoms with Crippen LogP contribution in [-0.2, 0) is 5.41 Å². The van der Waals surface area contributed by atoms with E-state index in [2.05, 4.69) is 160 Å². The number of aromatic nitrogens is 1. The van der Waals surface area contributed by atoms with Gasteiger partial charge in [0.05, 0.1) is 11.2 Å². The summed E-state index contributed by atoms with van der Waals surface area (Å²) < 4.78 is 2.49. The van der Waals surface area contributed by atoms with E-state index in [1.165, 1.54) is 88.6 Å². The molecule has 0 fully saturated rings. The molecule has 1 aromatic heterocycles. The maximum absolute atomic E-state index is 4.00. The van der Waals surface area contributed by atoms with Crippen molar-refractivity contribution >= 4 is 51.4 Å². The first-order chi connectivity index (χ1) is 21.4. The smallest absolute Gasteiger partial charge is 0.197 e. The van der Waals surface area contributed by atoms with Gasteiger partial charge in [0.1, 0.15) is 0 Å². The third-order valence-corrected chi connectivity index (χ3v) is 9.99. The summed E-state index contributed by atoms with van der Waals surface area (Å²) in [6, 6.07) is 42.5. The number of para-hydroxylation sites is 3. The van der Waals surface area contributed by atoms with Crippen molar-refractivity contribution in [3.05, 3.63) is 138 Å². The van der Waals surface area contributed by atoms with Crippen LogP contribution in [0.2, 0.25) is 0 Å². The van der Waals surface area contributed by atoms with Crippen LogP contribution in [0.3, 0.4) is 0 Å². The molecule has 2 heterocycles. The lowest BCUT2D eigenvalue weighted by atomic mass is 9.58. The fourth-order valence-electron chi connectivity index (χ4n) is 7.98. The van der Waals surface area contributed by atoms with Crippen LogP contribution >= 0.6 is 0 Å². The average Bonchev–Trinajstić information content (AvgIpc) is 3.49. The van der Waals surface area contributed by atoms with Crippen LogP contribution in [0.5, 0.6) is 0 Å². The Balaban J connectivity index is 1.36. The van der Waals surface area contributed by atoms with Gasteiger partial charge in [0.15, 0.2) is 7.28 Å². The van der Waals surface area contributed by atoms with Gasteiger partial charge in [-0.25, -0.2) is 0 Å². The molecule has 0 bridgehead atoms. The molecule has 1 aliphatic carbocycles. The standard InChI is InChI=1S/C41H32BN2/c1-24-22-31(38-36(23-24)44-35-19-10-7-14-27(35)30-15-11-17-33(42-38)40(30)44)29-21-20-28-26-13-6-8-16-32(26)41(3,4)37(28)39(29)43-34-18-9-5-12-25(34)2/h5-23,43H,1-4H3. The lowest BCUT2D eigenvalue weighted by molar-refractivity contribution is 0.662. The Morgan fingerprint density at radius 2 is 1.41 bits per heavy atom. The third kappa shape index (κ3) is 3.38. The van der Waals surface area contributed by atoms with Crippen molar-refractivity contribution in [1.82, 2.24) is 4.57 Å². The molecular formula is C41H32BN2. The molecule has 0 spiro atoms. The Morgan fingerprint density at radius 1 is 0.659 bits per heavy atom. The Bertz CT molecular complexity index is 2340. The molecule has 1 aliphatic heterocycles.